The Labute approximate surface area is 178 Å². The molecule has 1 aromatic carbocycles. The van der Waals surface area contributed by atoms with Crippen molar-refractivity contribution in [1.29, 1.82) is 0 Å². The van der Waals surface area contributed by atoms with Crippen molar-refractivity contribution in [1.82, 2.24) is 5.32 Å². The number of amides is 1. The molecule has 0 saturated heterocycles. The number of nitrogens with one attached hydrogen (secondary N) is 1. The molecule has 1 aliphatic rings. The first-order valence-corrected chi connectivity index (χ1v) is 10.5. The molecule has 2 heterocycles. The number of carbonyl (C=O) groups excluding carboxylic acids is 3. The molecule has 0 spiro atoms. The summed E-state index contributed by atoms with van der Waals surface area (Å²) in [5.41, 5.74) is 0.905. The van der Waals surface area contributed by atoms with Crippen molar-refractivity contribution in [2.24, 2.45) is 0 Å². The molecule has 1 aromatic heterocycles. The van der Waals surface area contributed by atoms with Gasteiger partial charge >= 0.3 is 11.9 Å². The van der Waals surface area contributed by atoms with Crippen molar-refractivity contribution in [2.75, 3.05) is 33.0 Å². The van der Waals surface area contributed by atoms with E-state index >= 15 is 0 Å². The van der Waals surface area contributed by atoms with E-state index in [2.05, 4.69) is 5.32 Å². The molecule has 0 atom stereocenters. The topological polar surface area (TPSA) is 100 Å². The molecular formula is C21H23NO7S. The van der Waals surface area contributed by atoms with Gasteiger partial charge in [0.25, 0.3) is 5.91 Å². The van der Waals surface area contributed by atoms with Crippen LogP contribution in [0.1, 0.15) is 29.4 Å². The fourth-order valence-electron chi connectivity index (χ4n) is 2.75. The van der Waals surface area contributed by atoms with Crippen molar-refractivity contribution in [2.45, 2.75) is 19.8 Å². The number of ether oxygens (including phenoxy) is 4. The second-order valence-electron chi connectivity index (χ2n) is 6.36. The second-order valence-corrected chi connectivity index (χ2v) is 7.44. The van der Waals surface area contributed by atoms with Gasteiger partial charge in [-0.3, -0.25) is 9.59 Å². The van der Waals surface area contributed by atoms with E-state index in [4.69, 9.17) is 18.9 Å². The average Bonchev–Trinajstić information content (AvgIpc) is 3.25. The second kappa shape index (κ2) is 10.6. The summed E-state index contributed by atoms with van der Waals surface area (Å²) in [5, 5.41) is 2.60. The van der Waals surface area contributed by atoms with Gasteiger partial charge in [0.15, 0.2) is 18.1 Å². The van der Waals surface area contributed by atoms with Gasteiger partial charge in [0.2, 0.25) is 0 Å². The minimum absolute atomic E-state index is 0.228. The van der Waals surface area contributed by atoms with Crippen molar-refractivity contribution >= 4 is 29.2 Å². The predicted octanol–water partition coefficient (Wildman–Crippen LogP) is 2.80. The van der Waals surface area contributed by atoms with E-state index in [9.17, 15) is 14.4 Å². The molecule has 1 N–H and O–H groups in total. The summed E-state index contributed by atoms with van der Waals surface area (Å²) in [6.07, 6.45) is 0.689. The van der Waals surface area contributed by atoms with Crippen LogP contribution in [0.4, 0.5) is 0 Å². The molecule has 0 saturated carbocycles. The zero-order valence-electron chi connectivity index (χ0n) is 16.6. The number of hydrogen-bond donors (Lipinski definition) is 1. The van der Waals surface area contributed by atoms with E-state index in [0.29, 0.717) is 49.2 Å². The van der Waals surface area contributed by atoms with E-state index in [1.54, 1.807) is 13.0 Å². The molecule has 0 fully saturated rings. The maximum absolute atomic E-state index is 12.2. The van der Waals surface area contributed by atoms with Gasteiger partial charge < -0.3 is 24.3 Å². The summed E-state index contributed by atoms with van der Waals surface area (Å²) in [7, 11) is 0. The van der Waals surface area contributed by atoms with Crippen LogP contribution in [0.5, 0.6) is 11.5 Å². The van der Waals surface area contributed by atoms with Gasteiger partial charge in [0.05, 0.1) is 6.61 Å². The van der Waals surface area contributed by atoms with Gasteiger partial charge in [-0.15, -0.1) is 11.3 Å². The molecule has 30 heavy (non-hydrogen) atoms. The van der Waals surface area contributed by atoms with Gasteiger partial charge in [0.1, 0.15) is 18.1 Å². The summed E-state index contributed by atoms with van der Waals surface area (Å²) in [6.45, 7) is 3.03. The van der Waals surface area contributed by atoms with Gasteiger partial charge in [0, 0.05) is 17.8 Å². The Morgan fingerprint density at radius 3 is 2.67 bits per heavy atom. The fourth-order valence-corrected chi connectivity index (χ4v) is 3.64. The van der Waals surface area contributed by atoms with Crippen LogP contribution in [0.25, 0.3) is 10.4 Å². The number of rotatable bonds is 9. The van der Waals surface area contributed by atoms with Crippen LogP contribution in [-0.2, 0) is 19.1 Å². The van der Waals surface area contributed by atoms with Gasteiger partial charge in [-0.25, -0.2) is 4.79 Å². The third-order valence-electron chi connectivity index (χ3n) is 4.15. The predicted molar refractivity (Wildman–Crippen MR) is 110 cm³/mol. The van der Waals surface area contributed by atoms with Gasteiger partial charge in [-0.05, 0) is 49.2 Å². The molecule has 160 valence electrons. The Hall–Kier alpha value is -3.07. The van der Waals surface area contributed by atoms with E-state index in [-0.39, 0.29) is 19.0 Å². The first-order chi connectivity index (χ1) is 14.6. The lowest BCUT2D eigenvalue weighted by Crippen LogP contribution is -2.29. The maximum atomic E-state index is 12.2. The van der Waals surface area contributed by atoms with Crippen molar-refractivity contribution in [3.63, 3.8) is 0 Å². The number of esters is 2. The number of carbonyl (C=O) groups is 3. The molecule has 1 amide bonds. The van der Waals surface area contributed by atoms with Crippen LogP contribution < -0.4 is 14.8 Å². The molecule has 1 aliphatic heterocycles. The van der Waals surface area contributed by atoms with E-state index < -0.39 is 11.9 Å². The van der Waals surface area contributed by atoms with Crippen molar-refractivity contribution in [3.8, 4) is 21.9 Å². The number of hydrogen-bond acceptors (Lipinski definition) is 8. The molecule has 0 unspecified atom stereocenters. The van der Waals surface area contributed by atoms with Crippen LogP contribution >= 0.6 is 11.3 Å². The summed E-state index contributed by atoms with van der Waals surface area (Å²) in [5.74, 6) is 0.0938. The van der Waals surface area contributed by atoms with Gasteiger partial charge in [-0.2, -0.15) is 0 Å². The number of thiophene rings is 1. The number of benzene rings is 1. The zero-order valence-corrected chi connectivity index (χ0v) is 17.4. The summed E-state index contributed by atoms with van der Waals surface area (Å²) < 4.78 is 21.0. The molecule has 0 aliphatic carbocycles. The first-order valence-electron chi connectivity index (χ1n) is 9.66. The highest BCUT2D eigenvalue weighted by molar-refractivity contribution is 7.17. The lowest BCUT2D eigenvalue weighted by Gasteiger charge is -2.18. The van der Waals surface area contributed by atoms with Crippen LogP contribution in [0.3, 0.4) is 0 Å². The average molecular weight is 433 g/mol. The lowest BCUT2D eigenvalue weighted by molar-refractivity contribution is -0.143. The Morgan fingerprint density at radius 2 is 1.87 bits per heavy atom. The van der Waals surface area contributed by atoms with Crippen molar-refractivity contribution < 1.29 is 33.3 Å². The van der Waals surface area contributed by atoms with Crippen LogP contribution in [0.2, 0.25) is 0 Å². The third kappa shape index (κ3) is 5.96. The molecule has 3 rings (SSSR count). The zero-order chi connectivity index (χ0) is 21.3. The highest BCUT2D eigenvalue weighted by Gasteiger charge is 2.16. The standard InChI is InChI=1S/C21H23NO7S/c1-2-26-20(24)4-3-9-22-19(23)13-29-21(25)18-8-7-17(30-18)14-5-6-15-16(12-14)28-11-10-27-15/h5-8,12H,2-4,9-11,13H2,1H3,(H,22,23). The lowest BCUT2D eigenvalue weighted by atomic mass is 10.1. The smallest absolute Gasteiger partial charge is 0.348 e. The van der Waals surface area contributed by atoms with E-state index in [0.717, 1.165) is 10.4 Å². The summed E-state index contributed by atoms with van der Waals surface area (Å²) in [6, 6.07) is 9.10. The van der Waals surface area contributed by atoms with Crippen LogP contribution in [0.15, 0.2) is 30.3 Å². The highest BCUT2D eigenvalue weighted by atomic mass is 32.1. The van der Waals surface area contributed by atoms with Crippen LogP contribution in [0, 0.1) is 0 Å². The third-order valence-corrected chi connectivity index (χ3v) is 5.27. The van der Waals surface area contributed by atoms with Crippen LogP contribution in [-0.4, -0.2) is 50.8 Å². The molecule has 8 nitrogen and oxygen atoms in total. The Balaban J connectivity index is 1.45. The number of fused-ring (bicyclic) bond motifs is 1. The van der Waals surface area contributed by atoms with Crippen molar-refractivity contribution in [3.05, 3.63) is 35.2 Å². The normalized spacial score (nSPS) is 12.2. The molecule has 0 bridgehead atoms. The van der Waals surface area contributed by atoms with Gasteiger partial charge in [-0.1, -0.05) is 0 Å². The first kappa shape index (κ1) is 21.6. The summed E-state index contributed by atoms with van der Waals surface area (Å²) >= 11 is 1.27. The SMILES string of the molecule is CCOC(=O)CCCNC(=O)COC(=O)c1ccc(-c2ccc3c(c2)OCCO3)s1. The van der Waals surface area contributed by atoms with E-state index in [1.807, 2.05) is 24.3 Å². The Kier molecular flexibility index (Phi) is 7.67. The van der Waals surface area contributed by atoms with E-state index in [1.165, 1.54) is 11.3 Å². The molecule has 2 aromatic rings. The summed E-state index contributed by atoms with van der Waals surface area (Å²) in [4.78, 5) is 36.5. The fraction of sp³-hybridized carbons (Fsp3) is 0.381. The Bertz CT molecular complexity index is 909. The molecule has 9 heteroatoms. The maximum Gasteiger partial charge on any atom is 0.348 e. The minimum atomic E-state index is -0.564. The largest absolute Gasteiger partial charge is 0.486 e. The monoisotopic (exact) mass is 433 g/mol. The quantitative estimate of drug-likeness (QED) is 0.479. The Morgan fingerprint density at radius 1 is 1.07 bits per heavy atom. The minimum Gasteiger partial charge on any atom is -0.486 e. The molecular weight excluding hydrogens is 410 g/mol. The molecule has 0 radical (unpaired) electrons. The highest BCUT2D eigenvalue weighted by Crippen LogP contribution is 2.37.